The summed E-state index contributed by atoms with van der Waals surface area (Å²) in [5, 5.41) is 0. The molecular weight excluding hydrogens is 112 g/mol. The predicted molar refractivity (Wildman–Crippen MR) is 37.1 cm³/mol. The molecule has 0 aromatic carbocycles. The lowest BCUT2D eigenvalue weighted by Crippen LogP contribution is -2.51. The van der Waals surface area contributed by atoms with Gasteiger partial charge in [0.25, 0.3) is 0 Å². The highest BCUT2D eigenvalue weighted by Gasteiger charge is 2.50. The third kappa shape index (κ3) is 0.637. The average Bonchev–Trinajstić information content (AvgIpc) is 1.84. The van der Waals surface area contributed by atoms with E-state index in [9.17, 15) is 4.79 Å². The Morgan fingerprint density at radius 3 is 1.89 bits per heavy atom. The second-order valence-electron chi connectivity index (χ2n) is 3.66. The number of rotatable bonds is 0. The van der Waals surface area contributed by atoms with Gasteiger partial charge in [0.05, 0.1) is 0 Å². The lowest BCUT2D eigenvalue weighted by molar-refractivity contribution is -0.150. The SMILES string of the molecule is C[C@H]1C(=O)C(C)(C)[C@H]1C. The van der Waals surface area contributed by atoms with Gasteiger partial charge in [-0.2, -0.15) is 0 Å². The van der Waals surface area contributed by atoms with Crippen molar-refractivity contribution in [3.05, 3.63) is 0 Å². The topological polar surface area (TPSA) is 17.1 Å². The highest BCUT2D eigenvalue weighted by Crippen LogP contribution is 2.46. The van der Waals surface area contributed by atoms with Crippen LogP contribution in [0.15, 0.2) is 0 Å². The molecule has 0 unspecified atom stereocenters. The molecule has 1 aliphatic rings. The standard InChI is InChI=1S/C8H14O/c1-5-6(2)8(3,4)7(5)9/h5-6H,1-4H3/t5-,6+/m1/s1. The van der Waals surface area contributed by atoms with Crippen LogP contribution in [0.3, 0.4) is 0 Å². The Hall–Kier alpha value is -0.330. The van der Waals surface area contributed by atoms with Crippen LogP contribution in [0.5, 0.6) is 0 Å². The van der Waals surface area contributed by atoms with Crippen molar-refractivity contribution in [3.63, 3.8) is 0 Å². The minimum atomic E-state index is -0.0284. The van der Waals surface area contributed by atoms with Gasteiger partial charge in [0.1, 0.15) is 5.78 Å². The molecule has 1 saturated carbocycles. The fraction of sp³-hybridized carbons (Fsp3) is 0.875. The van der Waals surface area contributed by atoms with Crippen LogP contribution in [0.1, 0.15) is 27.7 Å². The van der Waals surface area contributed by atoms with Gasteiger partial charge in [0, 0.05) is 11.3 Å². The lowest BCUT2D eigenvalue weighted by Gasteiger charge is -2.46. The zero-order chi connectivity index (χ0) is 7.23. The zero-order valence-corrected chi connectivity index (χ0v) is 6.56. The molecule has 1 heteroatoms. The molecule has 0 radical (unpaired) electrons. The normalized spacial score (nSPS) is 40.2. The van der Waals surface area contributed by atoms with Crippen LogP contribution in [-0.2, 0) is 4.79 Å². The van der Waals surface area contributed by atoms with Gasteiger partial charge in [-0.1, -0.05) is 27.7 Å². The third-order valence-electron chi connectivity index (χ3n) is 2.94. The van der Waals surface area contributed by atoms with Crippen molar-refractivity contribution in [1.29, 1.82) is 0 Å². The van der Waals surface area contributed by atoms with Crippen LogP contribution in [-0.4, -0.2) is 5.78 Å². The first-order chi connectivity index (χ1) is 3.98. The number of carbonyl (C=O) groups excluding carboxylic acids is 1. The first-order valence-electron chi connectivity index (χ1n) is 3.52. The molecule has 1 rings (SSSR count). The molecule has 2 atom stereocenters. The first-order valence-corrected chi connectivity index (χ1v) is 3.52. The van der Waals surface area contributed by atoms with Crippen molar-refractivity contribution < 1.29 is 4.79 Å². The van der Waals surface area contributed by atoms with Crippen molar-refractivity contribution in [2.45, 2.75) is 27.7 Å². The van der Waals surface area contributed by atoms with E-state index in [0.29, 0.717) is 17.6 Å². The summed E-state index contributed by atoms with van der Waals surface area (Å²) in [6, 6.07) is 0. The van der Waals surface area contributed by atoms with E-state index in [-0.39, 0.29) is 5.41 Å². The molecule has 0 aliphatic heterocycles. The summed E-state index contributed by atoms with van der Waals surface area (Å²) in [7, 11) is 0. The Labute approximate surface area is 56.4 Å². The Morgan fingerprint density at radius 1 is 1.33 bits per heavy atom. The minimum Gasteiger partial charge on any atom is -0.299 e. The molecule has 0 aromatic rings. The molecule has 9 heavy (non-hydrogen) atoms. The van der Waals surface area contributed by atoms with Crippen molar-refractivity contribution in [2.75, 3.05) is 0 Å². The fourth-order valence-corrected chi connectivity index (χ4v) is 1.57. The van der Waals surface area contributed by atoms with E-state index in [4.69, 9.17) is 0 Å². The molecule has 0 spiro atoms. The summed E-state index contributed by atoms with van der Waals surface area (Å²) in [6.45, 7) is 8.21. The Balaban J connectivity index is 2.73. The van der Waals surface area contributed by atoms with Gasteiger partial charge >= 0.3 is 0 Å². The quantitative estimate of drug-likeness (QED) is 0.484. The molecule has 1 nitrogen and oxygen atoms in total. The largest absolute Gasteiger partial charge is 0.299 e. The van der Waals surface area contributed by atoms with E-state index < -0.39 is 0 Å². The van der Waals surface area contributed by atoms with E-state index in [1.54, 1.807) is 0 Å². The van der Waals surface area contributed by atoms with E-state index in [2.05, 4.69) is 6.92 Å². The van der Waals surface area contributed by atoms with Crippen LogP contribution in [0.4, 0.5) is 0 Å². The maximum atomic E-state index is 11.1. The van der Waals surface area contributed by atoms with Gasteiger partial charge in [-0.25, -0.2) is 0 Å². The Bertz CT molecular complexity index is 147. The Morgan fingerprint density at radius 2 is 1.78 bits per heavy atom. The monoisotopic (exact) mass is 126 g/mol. The molecule has 0 aromatic heterocycles. The number of Topliss-reactive ketones (excluding diaryl/α,β-unsaturated/α-hetero) is 1. The molecule has 1 aliphatic carbocycles. The molecular formula is C8H14O. The van der Waals surface area contributed by atoms with Crippen LogP contribution in [0.2, 0.25) is 0 Å². The summed E-state index contributed by atoms with van der Waals surface area (Å²) in [6.07, 6.45) is 0. The minimum absolute atomic E-state index is 0.0284. The summed E-state index contributed by atoms with van der Waals surface area (Å²) in [5.74, 6) is 1.31. The summed E-state index contributed by atoms with van der Waals surface area (Å²) < 4.78 is 0. The van der Waals surface area contributed by atoms with Gasteiger partial charge in [-0.15, -0.1) is 0 Å². The highest BCUT2D eigenvalue weighted by molar-refractivity contribution is 5.92. The van der Waals surface area contributed by atoms with Gasteiger partial charge in [-0.05, 0) is 5.92 Å². The smallest absolute Gasteiger partial charge is 0.141 e. The van der Waals surface area contributed by atoms with Crippen LogP contribution in [0, 0.1) is 17.3 Å². The third-order valence-corrected chi connectivity index (χ3v) is 2.94. The number of carbonyl (C=O) groups is 1. The van der Waals surface area contributed by atoms with Crippen molar-refractivity contribution in [1.82, 2.24) is 0 Å². The second kappa shape index (κ2) is 1.59. The summed E-state index contributed by atoms with van der Waals surface area (Å²) in [4.78, 5) is 11.1. The molecule has 52 valence electrons. The fourth-order valence-electron chi connectivity index (χ4n) is 1.57. The highest BCUT2D eigenvalue weighted by atomic mass is 16.1. The maximum Gasteiger partial charge on any atom is 0.141 e. The number of hydrogen-bond donors (Lipinski definition) is 0. The van der Waals surface area contributed by atoms with Gasteiger partial charge < -0.3 is 0 Å². The van der Waals surface area contributed by atoms with Crippen LogP contribution < -0.4 is 0 Å². The van der Waals surface area contributed by atoms with E-state index in [0.717, 1.165) is 0 Å². The second-order valence-corrected chi connectivity index (χ2v) is 3.66. The first kappa shape index (κ1) is 6.79. The van der Waals surface area contributed by atoms with Crippen LogP contribution >= 0.6 is 0 Å². The molecule has 0 heterocycles. The van der Waals surface area contributed by atoms with Gasteiger partial charge in [0.15, 0.2) is 0 Å². The van der Waals surface area contributed by atoms with Crippen molar-refractivity contribution >= 4 is 5.78 Å². The van der Waals surface area contributed by atoms with Crippen LogP contribution in [0.25, 0.3) is 0 Å². The predicted octanol–water partition coefficient (Wildman–Crippen LogP) is 1.87. The number of hydrogen-bond acceptors (Lipinski definition) is 1. The molecule has 0 bridgehead atoms. The van der Waals surface area contributed by atoms with Crippen molar-refractivity contribution in [3.8, 4) is 0 Å². The molecule has 0 saturated heterocycles. The van der Waals surface area contributed by atoms with Gasteiger partial charge in [0.2, 0.25) is 0 Å². The molecule has 0 N–H and O–H groups in total. The van der Waals surface area contributed by atoms with E-state index in [1.807, 2.05) is 20.8 Å². The average molecular weight is 126 g/mol. The summed E-state index contributed by atoms with van der Waals surface area (Å²) >= 11 is 0. The zero-order valence-electron chi connectivity index (χ0n) is 6.56. The molecule has 0 amide bonds. The lowest BCUT2D eigenvalue weighted by atomic mass is 9.56. The Kier molecular flexibility index (Phi) is 1.20. The van der Waals surface area contributed by atoms with E-state index in [1.165, 1.54) is 0 Å². The number of ketones is 1. The van der Waals surface area contributed by atoms with E-state index >= 15 is 0 Å². The summed E-state index contributed by atoms with van der Waals surface area (Å²) in [5.41, 5.74) is -0.0284. The molecule has 1 fully saturated rings. The van der Waals surface area contributed by atoms with Crippen molar-refractivity contribution in [2.24, 2.45) is 17.3 Å². The van der Waals surface area contributed by atoms with Gasteiger partial charge in [-0.3, -0.25) is 4.79 Å². The maximum absolute atomic E-state index is 11.1.